The highest BCUT2D eigenvalue weighted by Gasteiger charge is 2.10. The average Bonchev–Trinajstić information content (AvgIpc) is 2.86. The average molecular weight is 300 g/mol. The molecule has 0 radical (unpaired) electrons. The maximum absolute atomic E-state index is 6.27. The maximum atomic E-state index is 6.27. The van der Waals surface area contributed by atoms with Gasteiger partial charge in [0.05, 0.1) is 5.02 Å². The number of aromatic nitrogens is 2. The van der Waals surface area contributed by atoms with Crippen LogP contribution in [0.2, 0.25) is 5.02 Å². The Morgan fingerprint density at radius 2 is 2.33 bits per heavy atom. The topological polar surface area (TPSA) is 37.8 Å². The maximum Gasteiger partial charge on any atom is 0.178 e. The number of nitrogens with one attached hydrogen (secondary N) is 1. The molecule has 0 aliphatic carbocycles. The third-order valence-corrected chi connectivity index (χ3v) is 4.71. The van der Waals surface area contributed by atoms with Crippen LogP contribution >= 0.6 is 34.7 Å². The highest BCUT2D eigenvalue weighted by Crippen LogP contribution is 2.36. The number of halogens is 1. The van der Waals surface area contributed by atoms with Gasteiger partial charge in [-0.1, -0.05) is 53.8 Å². The van der Waals surface area contributed by atoms with Gasteiger partial charge in [-0.05, 0) is 24.6 Å². The molecule has 96 valence electrons. The lowest BCUT2D eigenvalue weighted by Crippen LogP contribution is -2.14. The minimum atomic E-state index is 0.769. The highest BCUT2D eigenvalue weighted by molar-refractivity contribution is 8.01. The Balaban J connectivity index is 2.15. The second kappa shape index (κ2) is 7.09. The third-order valence-electron chi connectivity index (χ3n) is 2.32. The summed E-state index contributed by atoms with van der Waals surface area (Å²) in [5, 5.41) is 12.0. The Kier molecular flexibility index (Phi) is 5.44. The van der Waals surface area contributed by atoms with Crippen LogP contribution in [0.1, 0.15) is 18.9 Å². The lowest BCUT2D eigenvalue weighted by atomic mass is 10.2. The van der Waals surface area contributed by atoms with E-state index >= 15 is 0 Å². The van der Waals surface area contributed by atoms with Crippen LogP contribution in [-0.4, -0.2) is 16.7 Å². The summed E-state index contributed by atoms with van der Waals surface area (Å²) in [7, 11) is 0. The number of hydrogen-bond acceptors (Lipinski definition) is 5. The van der Waals surface area contributed by atoms with Crippen molar-refractivity contribution in [1.82, 2.24) is 15.5 Å². The summed E-state index contributed by atoms with van der Waals surface area (Å²) >= 11 is 9.37. The largest absolute Gasteiger partial charge is 0.313 e. The Hall–Kier alpha value is -0.620. The van der Waals surface area contributed by atoms with E-state index in [1.165, 1.54) is 16.9 Å². The van der Waals surface area contributed by atoms with Crippen LogP contribution in [0.25, 0.3) is 0 Å². The Morgan fingerprint density at radius 3 is 3.06 bits per heavy atom. The van der Waals surface area contributed by atoms with Crippen molar-refractivity contribution in [2.24, 2.45) is 0 Å². The molecule has 0 fully saturated rings. The van der Waals surface area contributed by atoms with E-state index in [4.69, 9.17) is 11.6 Å². The van der Waals surface area contributed by atoms with Crippen molar-refractivity contribution in [2.75, 3.05) is 6.54 Å². The zero-order valence-corrected chi connectivity index (χ0v) is 12.4. The normalized spacial score (nSPS) is 10.8. The molecule has 0 spiro atoms. The van der Waals surface area contributed by atoms with Crippen LogP contribution in [0.5, 0.6) is 0 Å². The zero-order chi connectivity index (χ0) is 12.8. The van der Waals surface area contributed by atoms with Crippen LogP contribution < -0.4 is 5.32 Å². The number of nitrogens with zero attached hydrogens (tertiary/aromatic N) is 2. The summed E-state index contributed by atoms with van der Waals surface area (Å²) in [5.41, 5.74) is 2.94. The molecule has 0 atom stereocenters. The van der Waals surface area contributed by atoms with Gasteiger partial charge in [-0.15, -0.1) is 10.2 Å². The molecule has 2 aromatic rings. The van der Waals surface area contributed by atoms with Gasteiger partial charge in [-0.2, -0.15) is 0 Å². The van der Waals surface area contributed by atoms with Crippen molar-refractivity contribution >= 4 is 34.7 Å². The van der Waals surface area contributed by atoms with Crippen LogP contribution in [0, 0.1) is 0 Å². The first-order chi connectivity index (χ1) is 8.81. The molecule has 3 nitrogen and oxygen atoms in total. The fourth-order valence-electron chi connectivity index (χ4n) is 1.50. The van der Waals surface area contributed by atoms with E-state index in [0.29, 0.717) is 0 Å². The predicted octanol–water partition coefficient (Wildman–Crippen LogP) is 3.84. The Labute approximate surface area is 120 Å². The van der Waals surface area contributed by atoms with E-state index in [1.807, 2.05) is 12.1 Å². The molecule has 0 saturated carbocycles. The molecule has 0 amide bonds. The highest BCUT2D eigenvalue weighted by atomic mass is 35.5. The molecule has 18 heavy (non-hydrogen) atoms. The molecule has 0 unspecified atom stereocenters. The van der Waals surface area contributed by atoms with Gasteiger partial charge in [-0.3, -0.25) is 0 Å². The molecule has 0 saturated heterocycles. The summed E-state index contributed by atoms with van der Waals surface area (Å²) in [6.07, 6.45) is 1.12. The first-order valence-corrected chi connectivity index (χ1v) is 7.80. The van der Waals surface area contributed by atoms with Gasteiger partial charge < -0.3 is 5.32 Å². The third kappa shape index (κ3) is 3.68. The molecule has 0 aliphatic rings. The Bertz CT molecular complexity index is 488. The summed E-state index contributed by atoms with van der Waals surface area (Å²) in [6, 6.07) is 5.99. The van der Waals surface area contributed by atoms with Crippen LogP contribution in [0.4, 0.5) is 0 Å². The van der Waals surface area contributed by atoms with Crippen LogP contribution in [0.15, 0.2) is 32.9 Å². The van der Waals surface area contributed by atoms with Crippen molar-refractivity contribution in [2.45, 2.75) is 29.1 Å². The molecular weight excluding hydrogens is 286 g/mol. The molecule has 1 aromatic carbocycles. The lowest BCUT2D eigenvalue weighted by Gasteiger charge is -2.10. The van der Waals surface area contributed by atoms with Crippen molar-refractivity contribution in [3.63, 3.8) is 0 Å². The van der Waals surface area contributed by atoms with Gasteiger partial charge in [0.25, 0.3) is 0 Å². The predicted molar refractivity (Wildman–Crippen MR) is 77.5 cm³/mol. The molecule has 1 N–H and O–H groups in total. The van der Waals surface area contributed by atoms with E-state index in [0.717, 1.165) is 33.8 Å². The van der Waals surface area contributed by atoms with Crippen molar-refractivity contribution in [1.29, 1.82) is 0 Å². The lowest BCUT2D eigenvalue weighted by molar-refractivity contribution is 0.669. The van der Waals surface area contributed by atoms with E-state index < -0.39 is 0 Å². The molecule has 6 heteroatoms. The minimum absolute atomic E-state index is 0.769. The van der Waals surface area contributed by atoms with E-state index in [2.05, 4.69) is 28.5 Å². The first-order valence-electron chi connectivity index (χ1n) is 5.73. The van der Waals surface area contributed by atoms with E-state index in [-0.39, 0.29) is 0 Å². The van der Waals surface area contributed by atoms with Crippen molar-refractivity contribution in [3.8, 4) is 0 Å². The number of rotatable bonds is 6. The van der Waals surface area contributed by atoms with Gasteiger partial charge in [-0.25, -0.2) is 0 Å². The zero-order valence-electron chi connectivity index (χ0n) is 10.0. The SMILES string of the molecule is CCCNCc1cccc(Cl)c1Sc1nncs1. The smallest absolute Gasteiger partial charge is 0.178 e. The monoisotopic (exact) mass is 299 g/mol. The first kappa shape index (κ1) is 13.8. The molecule has 2 rings (SSSR count). The second-order valence-electron chi connectivity index (χ2n) is 3.71. The fourth-order valence-corrected chi connectivity index (χ4v) is 3.36. The van der Waals surface area contributed by atoms with Crippen molar-refractivity contribution in [3.05, 3.63) is 34.3 Å². The van der Waals surface area contributed by atoms with Crippen LogP contribution in [0.3, 0.4) is 0 Å². The van der Waals surface area contributed by atoms with Crippen molar-refractivity contribution < 1.29 is 0 Å². The van der Waals surface area contributed by atoms with Crippen LogP contribution in [-0.2, 0) is 6.54 Å². The van der Waals surface area contributed by atoms with Gasteiger partial charge in [0.2, 0.25) is 0 Å². The molecule has 1 aromatic heterocycles. The molecule has 0 aliphatic heterocycles. The number of benzene rings is 1. The summed E-state index contributed by atoms with van der Waals surface area (Å²) in [5.74, 6) is 0. The van der Waals surface area contributed by atoms with E-state index in [9.17, 15) is 0 Å². The van der Waals surface area contributed by atoms with Gasteiger partial charge in [0.15, 0.2) is 4.34 Å². The van der Waals surface area contributed by atoms with Gasteiger partial charge in [0, 0.05) is 11.4 Å². The van der Waals surface area contributed by atoms with Gasteiger partial charge in [0.1, 0.15) is 5.51 Å². The summed E-state index contributed by atoms with van der Waals surface area (Å²) in [4.78, 5) is 1.07. The minimum Gasteiger partial charge on any atom is -0.313 e. The standard InChI is InChI=1S/C12H14ClN3S2/c1-2-6-14-7-9-4-3-5-10(13)11(9)18-12-16-15-8-17-12/h3-5,8,14H,2,6-7H2,1H3. The second-order valence-corrected chi connectivity index (χ2v) is 6.21. The quantitative estimate of drug-likeness (QED) is 0.822. The fraction of sp³-hybridized carbons (Fsp3) is 0.333. The van der Waals surface area contributed by atoms with E-state index in [1.54, 1.807) is 17.3 Å². The molecule has 1 heterocycles. The van der Waals surface area contributed by atoms with Gasteiger partial charge >= 0.3 is 0 Å². The Morgan fingerprint density at radius 1 is 1.44 bits per heavy atom. The summed E-state index contributed by atoms with van der Waals surface area (Å²) in [6.45, 7) is 3.99. The molecular formula is C12H14ClN3S2. The number of hydrogen-bond donors (Lipinski definition) is 1. The molecule has 0 bridgehead atoms. The summed E-state index contributed by atoms with van der Waals surface area (Å²) < 4.78 is 0.917.